The summed E-state index contributed by atoms with van der Waals surface area (Å²) in [5.41, 5.74) is 1.70. The fourth-order valence-electron chi connectivity index (χ4n) is 3.75. The highest BCUT2D eigenvalue weighted by atomic mass is 16.5. The van der Waals surface area contributed by atoms with Crippen molar-refractivity contribution >= 4 is 22.5 Å². The summed E-state index contributed by atoms with van der Waals surface area (Å²) in [4.78, 5) is 21.7. The van der Waals surface area contributed by atoms with Crippen molar-refractivity contribution in [3.8, 4) is 0 Å². The van der Waals surface area contributed by atoms with Gasteiger partial charge in [0.05, 0.1) is 30.0 Å². The van der Waals surface area contributed by atoms with Gasteiger partial charge in [-0.1, -0.05) is 19.9 Å². The zero-order valence-electron chi connectivity index (χ0n) is 17.2. The summed E-state index contributed by atoms with van der Waals surface area (Å²) < 4.78 is 6.05. The number of nitrogens with one attached hydrogen (secondary N) is 1. The van der Waals surface area contributed by atoms with Crippen LogP contribution in [0.15, 0.2) is 36.5 Å². The van der Waals surface area contributed by atoms with Gasteiger partial charge in [-0.05, 0) is 50.7 Å². The molecule has 1 aromatic heterocycles. The van der Waals surface area contributed by atoms with E-state index < -0.39 is 0 Å². The molecule has 0 bridgehead atoms. The van der Waals surface area contributed by atoms with Crippen molar-refractivity contribution in [2.45, 2.75) is 39.3 Å². The van der Waals surface area contributed by atoms with Gasteiger partial charge in [0.1, 0.15) is 0 Å². The minimum atomic E-state index is -0.191. The van der Waals surface area contributed by atoms with Crippen molar-refractivity contribution in [2.24, 2.45) is 0 Å². The SMILES string of the molecule is CCN(CC)CCO[C@@H]1CCN([C@H](C)C(=O)Nc2cccc3ncccc23)C1. The van der Waals surface area contributed by atoms with E-state index in [-0.39, 0.29) is 18.1 Å². The molecular formula is C22H32N4O2. The van der Waals surface area contributed by atoms with E-state index in [4.69, 9.17) is 4.74 Å². The van der Waals surface area contributed by atoms with Crippen molar-refractivity contribution in [2.75, 3.05) is 44.6 Å². The number of fused-ring (bicyclic) bond motifs is 1. The second kappa shape index (κ2) is 9.96. The van der Waals surface area contributed by atoms with Gasteiger partial charge >= 0.3 is 0 Å². The molecule has 2 aromatic rings. The molecule has 1 amide bonds. The molecule has 1 N–H and O–H groups in total. The van der Waals surface area contributed by atoms with E-state index in [0.717, 1.165) is 62.3 Å². The van der Waals surface area contributed by atoms with Crippen LogP contribution >= 0.6 is 0 Å². The predicted octanol–water partition coefficient (Wildman–Crippen LogP) is 2.99. The number of hydrogen-bond donors (Lipinski definition) is 1. The lowest BCUT2D eigenvalue weighted by Crippen LogP contribution is -2.41. The number of carbonyl (C=O) groups excluding carboxylic acids is 1. The monoisotopic (exact) mass is 384 g/mol. The summed E-state index contributed by atoms with van der Waals surface area (Å²) in [6.07, 6.45) is 2.96. The fourth-order valence-corrected chi connectivity index (χ4v) is 3.75. The number of nitrogens with zero attached hydrogens (tertiary/aromatic N) is 3. The van der Waals surface area contributed by atoms with Crippen LogP contribution in [0, 0.1) is 0 Å². The van der Waals surface area contributed by atoms with Crippen molar-refractivity contribution in [3.05, 3.63) is 36.5 Å². The summed E-state index contributed by atoms with van der Waals surface area (Å²) in [5.74, 6) is 0.0140. The third-order valence-electron chi connectivity index (χ3n) is 5.66. The molecule has 152 valence electrons. The number of likely N-dealkylation sites (N-methyl/N-ethyl adjacent to an activating group) is 1. The Morgan fingerprint density at radius 2 is 2.14 bits per heavy atom. The molecule has 0 radical (unpaired) electrons. The molecule has 0 aliphatic carbocycles. The normalized spacial score (nSPS) is 18.6. The van der Waals surface area contributed by atoms with E-state index in [9.17, 15) is 4.79 Å². The van der Waals surface area contributed by atoms with Crippen molar-refractivity contribution in [1.82, 2.24) is 14.8 Å². The Labute approximate surface area is 167 Å². The lowest BCUT2D eigenvalue weighted by Gasteiger charge is -2.24. The van der Waals surface area contributed by atoms with Crippen LogP contribution in [-0.4, -0.2) is 72.2 Å². The highest BCUT2D eigenvalue weighted by Crippen LogP contribution is 2.22. The Morgan fingerprint density at radius 3 is 2.93 bits per heavy atom. The number of pyridine rings is 1. The zero-order valence-corrected chi connectivity index (χ0v) is 17.2. The molecule has 1 aliphatic heterocycles. The lowest BCUT2D eigenvalue weighted by atomic mass is 10.1. The van der Waals surface area contributed by atoms with E-state index in [1.807, 2.05) is 37.3 Å². The largest absolute Gasteiger partial charge is 0.376 e. The number of likely N-dealkylation sites (tertiary alicyclic amines) is 1. The number of carbonyl (C=O) groups is 1. The number of aromatic nitrogens is 1. The van der Waals surface area contributed by atoms with Gasteiger partial charge in [-0.15, -0.1) is 0 Å². The average molecular weight is 385 g/mol. The number of anilines is 1. The fraction of sp³-hybridized carbons (Fsp3) is 0.545. The van der Waals surface area contributed by atoms with Crippen molar-refractivity contribution in [1.29, 1.82) is 0 Å². The highest BCUT2D eigenvalue weighted by molar-refractivity contribution is 6.02. The highest BCUT2D eigenvalue weighted by Gasteiger charge is 2.30. The maximum Gasteiger partial charge on any atom is 0.241 e. The summed E-state index contributed by atoms with van der Waals surface area (Å²) in [5, 5.41) is 4.04. The van der Waals surface area contributed by atoms with Gasteiger partial charge in [0.2, 0.25) is 5.91 Å². The molecule has 1 fully saturated rings. The van der Waals surface area contributed by atoms with Crippen LogP contribution < -0.4 is 5.32 Å². The molecule has 0 saturated carbocycles. The van der Waals surface area contributed by atoms with E-state index in [0.29, 0.717) is 0 Å². The number of ether oxygens (including phenoxy) is 1. The quantitative estimate of drug-likeness (QED) is 0.720. The molecular weight excluding hydrogens is 352 g/mol. The van der Waals surface area contributed by atoms with Crippen LogP contribution in [0.3, 0.4) is 0 Å². The second-order valence-corrected chi connectivity index (χ2v) is 7.34. The third-order valence-corrected chi connectivity index (χ3v) is 5.66. The number of rotatable bonds is 9. The second-order valence-electron chi connectivity index (χ2n) is 7.34. The first-order valence-electron chi connectivity index (χ1n) is 10.3. The molecule has 2 atom stereocenters. The molecule has 3 rings (SSSR count). The smallest absolute Gasteiger partial charge is 0.241 e. The summed E-state index contributed by atoms with van der Waals surface area (Å²) in [7, 11) is 0. The van der Waals surface area contributed by atoms with Gasteiger partial charge in [-0.2, -0.15) is 0 Å². The summed E-state index contributed by atoms with van der Waals surface area (Å²) >= 11 is 0. The molecule has 6 heteroatoms. The number of amides is 1. The van der Waals surface area contributed by atoms with Crippen LogP contribution in [-0.2, 0) is 9.53 Å². The molecule has 6 nitrogen and oxygen atoms in total. The first-order valence-corrected chi connectivity index (χ1v) is 10.3. The molecule has 1 aliphatic rings. The van der Waals surface area contributed by atoms with Crippen molar-refractivity contribution in [3.63, 3.8) is 0 Å². The van der Waals surface area contributed by atoms with Gasteiger partial charge in [-0.25, -0.2) is 0 Å². The van der Waals surface area contributed by atoms with Gasteiger partial charge in [0, 0.05) is 31.2 Å². The van der Waals surface area contributed by atoms with Crippen LogP contribution in [0.1, 0.15) is 27.2 Å². The third kappa shape index (κ3) is 5.07. The molecule has 0 spiro atoms. The van der Waals surface area contributed by atoms with Gasteiger partial charge in [0.25, 0.3) is 0 Å². The Hall–Kier alpha value is -2.02. The molecule has 1 aromatic carbocycles. The predicted molar refractivity (Wildman–Crippen MR) is 114 cm³/mol. The average Bonchev–Trinajstić information content (AvgIpc) is 3.20. The van der Waals surface area contributed by atoms with Gasteiger partial charge in [0.15, 0.2) is 0 Å². The van der Waals surface area contributed by atoms with E-state index in [1.165, 1.54) is 0 Å². The standard InChI is InChI=1S/C22H32N4O2/c1-4-25(5-2)14-15-28-18-11-13-26(16-18)17(3)22(27)24-21-10-6-9-20-19(21)8-7-12-23-20/h6-10,12,17-18H,4-5,11,13-16H2,1-3H3,(H,24,27)/t17-,18-/m1/s1. The summed E-state index contributed by atoms with van der Waals surface area (Å²) in [6.45, 7) is 11.8. The maximum absolute atomic E-state index is 12.8. The Kier molecular flexibility index (Phi) is 7.36. The zero-order chi connectivity index (χ0) is 19.9. The molecule has 2 heterocycles. The van der Waals surface area contributed by atoms with E-state index in [2.05, 4.69) is 33.9 Å². The lowest BCUT2D eigenvalue weighted by molar-refractivity contribution is -0.120. The Morgan fingerprint density at radius 1 is 1.32 bits per heavy atom. The van der Waals surface area contributed by atoms with Gasteiger partial charge in [-0.3, -0.25) is 14.7 Å². The first kappa shape index (κ1) is 20.7. The molecule has 0 unspecified atom stereocenters. The number of hydrogen-bond acceptors (Lipinski definition) is 5. The Bertz CT molecular complexity index is 773. The van der Waals surface area contributed by atoms with Crippen molar-refractivity contribution < 1.29 is 9.53 Å². The van der Waals surface area contributed by atoms with E-state index in [1.54, 1.807) is 6.20 Å². The van der Waals surface area contributed by atoms with Crippen LogP contribution in [0.4, 0.5) is 5.69 Å². The topological polar surface area (TPSA) is 57.7 Å². The summed E-state index contributed by atoms with van der Waals surface area (Å²) in [6, 6.07) is 9.49. The Balaban J connectivity index is 1.51. The van der Waals surface area contributed by atoms with Gasteiger partial charge < -0.3 is 15.0 Å². The molecule has 28 heavy (non-hydrogen) atoms. The molecule has 1 saturated heterocycles. The maximum atomic E-state index is 12.8. The van der Waals surface area contributed by atoms with Crippen LogP contribution in [0.5, 0.6) is 0 Å². The van der Waals surface area contributed by atoms with E-state index >= 15 is 0 Å². The number of benzene rings is 1. The van der Waals surface area contributed by atoms with Crippen LogP contribution in [0.2, 0.25) is 0 Å². The first-order chi connectivity index (χ1) is 13.6. The minimum Gasteiger partial charge on any atom is -0.376 e. The minimum absolute atomic E-state index is 0.0140. The van der Waals surface area contributed by atoms with Crippen LogP contribution in [0.25, 0.3) is 10.9 Å².